The summed E-state index contributed by atoms with van der Waals surface area (Å²) in [6, 6.07) is 6.15. The van der Waals surface area contributed by atoms with Crippen LogP contribution in [0.15, 0.2) is 24.3 Å². The zero-order chi connectivity index (χ0) is 18.8. The highest BCUT2D eigenvalue weighted by atomic mass is 19.1. The Bertz CT molecular complexity index is 836. The van der Waals surface area contributed by atoms with Crippen molar-refractivity contribution in [2.75, 3.05) is 13.1 Å². The van der Waals surface area contributed by atoms with Gasteiger partial charge in [0.15, 0.2) is 0 Å². The highest BCUT2D eigenvalue weighted by Crippen LogP contribution is 2.23. The lowest BCUT2D eigenvalue weighted by atomic mass is 9.90. The summed E-state index contributed by atoms with van der Waals surface area (Å²) in [5, 5.41) is 13.5. The summed E-state index contributed by atoms with van der Waals surface area (Å²) in [6.45, 7) is 4.35. The van der Waals surface area contributed by atoms with Crippen molar-refractivity contribution in [3.05, 3.63) is 41.7 Å². The van der Waals surface area contributed by atoms with Crippen molar-refractivity contribution in [1.82, 2.24) is 19.7 Å². The summed E-state index contributed by atoms with van der Waals surface area (Å²) in [5.41, 5.74) is 0.228. The fourth-order valence-electron chi connectivity index (χ4n) is 3.32. The van der Waals surface area contributed by atoms with Crippen LogP contribution in [0.4, 0.5) is 4.39 Å². The predicted molar refractivity (Wildman–Crippen MR) is 91.5 cm³/mol. The van der Waals surface area contributed by atoms with Gasteiger partial charge >= 0.3 is 5.97 Å². The van der Waals surface area contributed by atoms with Crippen molar-refractivity contribution in [2.24, 2.45) is 11.8 Å². The summed E-state index contributed by atoms with van der Waals surface area (Å²) in [4.78, 5) is 29.9. The van der Waals surface area contributed by atoms with Crippen LogP contribution in [-0.4, -0.2) is 49.7 Å². The third-order valence-corrected chi connectivity index (χ3v) is 4.56. The van der Waals surface area contributed by atoms with Crippen LogP contribution in [-0.2, 0) is 11.2 Å². The van der Waals surface area contributed by atoms with E-state index < -0.39 is 23.6 Å². The van der Waals surface area contributed by atoms with Crippen molar-refractivity contribution in [3.8, 4) is 5.69 Å². The SMILES string of the molecule is CCc1nc(C(=O)N2CC(C)CC(C(=O)O)C2)nn1-c1ccccc1F. The summed E-state index contributed by atoms with van der Waals surface area (Å²) in [7, 11) is 0. The number of aliphatic carboxylic acids is 1. The Morgan fingerprint density at radius 3 is 2.69 bits per heavy atom. The first-order valence-corrected chi connectivity index (χ1v) is 8.63. The molecule has 0 radical (unpaired) electrons. The Balaban J connectivity index is 1.91. The van der Waals surface area contributed by atoms with Gasteiger partial charge < -0.3 is 10.0 Å². The Labute approximate surface area is 150 Å². The highest BCUT2D eigenvalue weighted by Gasteiger charge is 2.34. The van der Waals surface area contributed by atoms with E-state index in [4.69, 9.17) is 0 Å². The molecule has 2 heterocycles. The van der Waals surface area contributed by atoms with E-state index >= 15 is 0 Å². The zero-order valence-electron chi connectivity index (χ0n) is 14.7. The topological polar surface area (TPSA) is 88.3 Å². The van der Waals surface area contributed by atoms with Crippen molar-refractivity contribution in [2.45, 2.75) is 26.7 Å². The van der Waals surface area contributed by atoms with E-state index in [1.54, 1.807) is 18.2 Å². The molecule has 2 atom stereocenters. The minimum atomic E-state index is -0.909. The quantitative estimate of drug-likeness (QED) is 0.903. The van der Waals surface area contributed by atoms with Crippen molar-refractivity contribution < 1.29 is 19.1 Å². The van der Waals surface area contributed by atoms with Gasteiger partial charge in [-0.1, -0.05) is 26.0 Å². The maximum atomic E-state index is 14.1. The number of rotatable bonds is 4. The number of hydrogen-bond donors (Lipinski definition) is 1. The van der Waals surface area contributed by atoms with E-state index in [1.807, 2.05) is 13.8 Å². The summed E-state index contributed by atoms with van der Waals surface area (Å²) in [6.07, 6.45) is 1.01. The fourth-order valence-corrected chi connectivity index (χ4v) is 3.32. The standard InChI is InChI=1S/C18H21FN4O3/c1-3-15-20-16(21-23(15)14-7-5-4-6-13(14)19)17(24)22-9-11(2)8-12(10-22)18(25)26/h4-7,11-12H,3,8-10H2,1-2H3,(H,25,26). The van der Waals surface area contributed by atoms with Gasteiger partial charge in [-0.3, -0.25) is 9.59 Å². The number of aryl methyl sites for hydroxylation is 1. The Morgan fingerprint density at radius 2 is 2.04 bits per heavy atom. The molecule has 8 heteroatoms. The van der Waals surface area contributed by atoms with Gasteiger partial charge in [0, 0.05) is 19.5 Å². The average molecular weight is 360 g/mol. The van der Waals surface area contributed by atoms with E-state index in [-0.39, 0.29) is 24.0 Å². The number of halogens is 1. The molecule has 3 rings (SSSR count). The molecule has 0 spiro atoms. The van der Waals surface area contributed by atoms with Gasteiger partial charge in [-0.2, -0.15) is 0 Å². The lowest BCUT2D eigenvalue weighted by Crippen LogP contribution is -2.45. The van der Waals surface area contributed by atoms with Gasteiger partial charge in [-0.05, 0) is 24.5 Å². The van der Waals surface area contributed by atoms with Crippen LogP contribution in [0.2, 0.25) is 0 Å². The van der Waals surface area contributed by atoms with Crippen molar-refractivity contribution in [3.63, 3.8) is 0 Å². The second-order valence-corrected chi connectivity index (χ2v) is 6.65. The smallest absolute Gasteiger partial charge is 0.308 e. The third-order valence-electron chi connectivity index (χ3n) is 4.56. The first-order chi connectivity index (χ1) is 12.4. The summed E-state index contributed by atoms with van der Waals surface area (Å²) in [5.74, 6) is -1.87. The summed E-state index contributed by atoms with van der Waals surface area (Å²) >= 11 is 0. The number of nitrogens with zero attached hydrogens (tertiary/aromatic N) is 4. The minimum Gasteiger partial charge on any atom is -0.481 e. The molecule has 1 aliphatic rings. The first-order valence-electron chi connectivity index (χ1n) is 8.63. The number of carboxylic acid groups (broad SMARTS) is 1. The van der Waals surface area contributed by atoms with Crippen LogP contribution in [0.3, 0.4) is 0 Å². The number of carbonyl (C=O) groups excluding carboxylic acids is 1. The average Bonchev–Trinajstić information content (AvgIpc) is 3.05. The molecule has 1 N–H and O–H groups in total. The lowest BCUT2D eigenvalue weighted by molar-refractivity contribution is -0.143. The number of piperidine rings is 1. The lowest BCUT2D eigenvalue weighted by Gasteiger charge is -2.33. The van der Waals surface area contributed by atoms with E-state index in [0.717, 1.165) is 0 Å². The van der Waals surface area contributed by atoms with E-state index in [0.29, 0.717) is 25.2 Å². The molecule has 1 fully saturated rings. The summed E-state index contributed by atoms with van der Waals surface area (Å²) < 4.78 is 15.4. The molecule has 1 aliphatic heterocycles. The van der Waals surface area contributed by atoms with E-state index in [1.165, 1.54) is 15.6 Å². The number of amides is 1. The fraction of sp³-hybridized carbons (Fsp3) is 0.444. The van der Waals surface area contributed by atoms with Crippen LogP contribution < -0.4 is 0 Å². The second kappa shape index (κ2) is 7.23. The van der Waals surface area contributed by atoms with Crippen LogP contribution >= 0.6 is 0 Å². The number of para-hydroxylation sites is 1. The minimum absolute atomic E-state index is 0.0386. The van der Waals surface area contributed by atoms with Gasteiger partial charge in [-0.15, -0.1) is 5.10 Å². The molecule has 2 aromatic rings. The largest absolute Gasteiger partial charge is 0.481 e. The maximum absolute atomic E-state index is 14.1. The molecule has 0 bridgehead atoms. The van der Waals surface area contributed by atoms with E-state index in [2.05, 4.69) is 10.1 Å². The van der Waals surface area contributed by atoms with Gasteiger partial charge in [0.05, 0.1) is 5.92 Å². The second-order valence-electron chi connectivity index (χ2n) is 6.65. The number of aromatic nitrogens is 3. The molecule has 1 aromatic heterocycles. The molecule has 1 saturated heterocycles. The van der Waals surface area contributed by atoms with Gasteiger partial charge in [0.2, 0.25) is 5.82 Å². The van der Waals surface area contributed by atoms with Gasteiger partial charge in [0.25, 0.3) is 5.91 Å². The third kappa shape index (κ3) is 3.44. The molecule has 2 unspecified atom stereocenters. The molecule has 0 aliphatic carbocycles. The maximum Gasteiger partial charge on any atom is 0.308 e. The normalized spacial score (nSPS) is 20.2. The molecule has 1 aromatic carbocycles. The molecule has 138 valence electrons. The van der Waals surface area contributed by atoms with Gasteiger partial charge in [0.1, 0.15) is 17.3 Å². The van der Waals surface area contributed by atoms with Crippen LogP contribution in [0.5, 0.6) is 0 Å². The molecular weight excluding hydrogens is 339 g/mol. The van der Waals surface area contributed by atoms with Crippen molar-refractivity contribution in [1.29, 1.82) is 0 Å². The van der Waals surface area contributed by atoms with Gasteiger partial charge in [-0.25, -0.2) is 14.1 Å². The molecule has 26 heavy (non-hydrogen) atoms. The number of carboxylic acids is 1. The number of likely N-dealkylation sites (tertiary alicyclic amines) is 1. The number of benzene rings is 1. The molecule has 1 amide bonds. The molecule has 0 saturated carbocycles. The van der Waals surface area contributed by atoms with E-state index in [9.17, 15) is 19.1 Å². The first kappa shape index (κ1) is 18.0. The molecule has 7 nitrogen and oxygen atoms in total. The number of hydrogen-bond acceptors (Lipinski definition) is 4. The Hall–Kier alpha value is -2.77. The molecular formula is C18H21FN4O3. The van der Waals surface area contributed by atoms with Crippen LogP contribution in [0, 0.1) is 17.7 Å². The van der Waals surface area contributed by atoms with Crippen LogP contribution in [0.1, 0.15) is 36.7 Å². The highest BCUT2D eigenvalue weighted by molar-refractivity contribution is 5.91. The predicted octanol–water partition coefficient (Wildman–Crippen LogP) is 2.15. The van der Waals surface area contributed by atoms with Crippen molar-refractivity contribution >= 4 is 11.9 Å². The number of carbonyl (C=O) groups is 2. The Kier molecular flexibility index (Phi) is 5.01. The zero-order valence-corrected chi connectivity index (χ0v) is 14.7. The van der Waals surface area contributed by atoms with Crippen LogP contribution in [0.25, 0.3) is 5.69 Å². The Morgan fingerprint density at radius 1 is 1.31 bits per heavy atom. The monoisotopic (exact) mass is 360 g/mol.